The van der Waals surface area contributed by atoms with Gasteiger partial charge in [-0.1, -0.05) is 40.0 Å². The van der Waals surface area contributed by atoms with Crippen LogP contribution in [0.2, 0.25) is 0 Å². The Morgan fingerprint density at radius 3 is 2.26 bits per heavy atom. The molecule has 132 valence electrons. The highest BCUT2D eigenvalue weighted by molar-refractivity contribution is 7.89. The van der Waals surface area contributed by atoms with Crippen LogP contribution in [0.5, 0.6) is 0 Å². The fraction of sp³-hybridized carbons (Fsp3) is 0.824. The fourth-order valence-electron chi connectivity index (χ4n) is 3.52. The molecule has 1 aromatic rings. The molecule has 0 aromatic carbocycles. The van der Waals surface area contributed by atoms with Gasteiger partial charge in [0.2, 0.25) is 10.0 Å². The Hall–Kier alpha value is -0.880. The van der Waals surface area contributed by atoms with E-state index in [1.807, 2.05) is 34.6 Å². The summed E-state index contributed by atoms with van der Waals surface area (Å²) in [6.07, 6.45) is 7.02. The fourth-order valence-corrected chi connectivity index (χ4v) is 5.78. The van der Waals surface area contributed by atoms with E-state index in [2.05, 4.69) is 5.10 Å². The van der Waals surface area contributed by atoms with Gasteiger partial charge in [0.15, 0.2) is 0 Å². The molecule has 0 spiro atoms. The number of hydrogen-bond donors (Lipinski definition) is 0. The van der Waals surface area contributed by atoms with Crippen molar-refractivity contribution >= 4 is 10.0 Å². The first kappa shape index (κ1) is 18.5. The molecule has 0 aliphatic heterocycles. The molecule has 0 amide bonds. The molecule has 0 radical (unpaired) electrons. The monoisotopic (exact) mass is 341 g/mol. The van der Waals surface area contributed by atoms with Gasteiger partial charge in [0.05, 0.1) is 5.69 Å². The molecule has 1 heterocycles. The Kier molecular flexibility index (Phi) is 5.26. The Morgan fingerprint density at radius 2 is 1.78 bits per heavy atom. The van der Waals surface area contributed by atoms with E-state index in [0.717, 1.165) is 25.7 Å². The molecule has 6 heteroatoms. The molecule has 5 nitrogen and oxygen atoms in total. The third-order valence-electron chi connectivity index (χ3n) is 4.50. The summed E-state index contributed by atoms with van der Waals surface area (Å²) in [5, 5.41) is 4.45. The molecular formula is C17H31N3O2S. The lowest BCUT2D eigenvalue weighted by Gasteiger charge is -2.36. The van der Waals surface area contributed by atoms with E-state index in [1.165, 1.54) is 6.42 Å². The third-order valence-corrected chi connectivity index (χ3v) is 6.63. The van der Waals surface area contributed by atoms with Crippen LogP contribution in [0.3, 0.4) is 0 Å². The molecular weight excluding hydrogens is 310 g/mol. The van der Waals surface area contributed by atoms with Crippen LogP contribution in [0.1, 0.15) is 72.4 Å². The predicted octanol–water partition coefficient (Wildman–Crippen LogP) is 3.45. The first-order chi connectivity index (χ1) is 10.5. The maximum atomic E-state index is 13.4. The largest absolute Gasteiger partial charge is 0.274 e. The van der Waals surface area contributed by atoms with Crippen molar-refractivity contribution < 1.29 is 8.42 Å². The third kappa shape index (κ3) is 3.79. The zero-order chi connectivity index (χ0) is 17.4. The molecule has 0 bridgehead atoms. The summed E-state index contributed by atoms with van der Waals surface area (Å²) in [5.74, 6) is 0. The van der Waals surface area contributed by atoms with Gasteiger partial charge in [0.1, 0.15) is 4.90 Å². The quantitative estimate of drug-likeness (QED) is 0.843. The summed E-state index contributed by atoms with van der Waals surface area (Å²) in [7, 11) is -1.76. The number of hydrogen-bond acceptors (Lipinski definition) is 3. The zero-order valence-electron chi connectivity index (χ0n) is 15.3. The lowest BCUT2D eigenvalue weighted by molar-refractivity contribution is 0.219. The number of sulfonamides is 1. The minimum Gasteiger partial charge on any atom is -0.274 e. The van der Waals surface area contributed by atoms with Crippen molar-refractivity contribution in [1.29, 1.82) is 0 Å². The maximum absolute atomic E-state index is 13.4. The second-order valence-corrected chi connectivity index (χ2v) is 9.80. The summed E-state index contributed by atoms with van der Waals surface area (Å²) in [5.41, 5.74) is 0.347. The molecule has 1 aliphatic carbocycles. The van der Waals surface area contributed by atoms with Gasteiger partial charge in [-0.05, 0) is 26.7 Å². The molecule has 2 rings (SSSR count). The number of aryl methyl sites for hydroxylation is 1. The van der Waals surface area contributed by atoms with Gasteiger partial charge in [-0.3, -0.25) is 4.68 Å². The van der Waals surface area contributed by atoms with Gasteiger partial charge in [-0.25, -0.2) is 8.42 Å². The Balaban J connectivity index is 2.50. The van der Waals surface area contributed by atoms with Crippen molar-refractivity contribution in [1.82, 2.24) is 14.1 Å². The predicted molar refractivity (Wildman–Crippen MR) is 92.9 cm³/mol. The topological polar surface area (TPSA) is 55.2 Å². The van der Waals surface area contributed by atoms with Crippen molar-refractivity contribution in [2.45, 2.75) is 89.1 Å². The Labute approximate surface area is 141 Å². The first-order valence-electron chi connectivity index (χ1n) is 8.63. The number of nitrogens with zero attached hydrogens (tertiary/aromatic N) is 3. The van der Waals surface area contributed by atoms with E-state index in [-0.39, 0.29) is 17.5 Å². The summed E-state index contributed by atoms with van der Waals surface area (Å²) >= 11 is 0. The van der Waals surface area contributed by atoms with Crippen LogP contribution in [-0.2, 0) is 22.5 Å². The van der Waals surface area contributed by atoms with E-state index in [0.29, 0.717) is 10.6 Å². The summed E-state index contributed by atoms with van der Waals surface area (Å²) in [6, 6.07) is 0.0675. The molecule has 1 fully saturated rings. The van der Waals surface area contributed by atoms with E-state index in [1.54, 1.807) is 22.2 Å². The standard InChI is InChI=1S/C17H31N3O2S/c1-13(2)20(14-10-8-7-9-11-14)23(21,22)15-12-19(6)18-16(15)17(3,4)5/h12-14H,7-11H2,1-6H3. The smallest absolute Gasteiger partial charge is 0.246 e. The summed E-state index contributed by atoms with van der Waals surface area (Å²) in [4.78, 5) is 0.367. The molecule has 23 heavy (non-hydrogen) atoms. The average molecular weight is 342 g/mol. The molecule has 0 N–H and O–H groups in total. The van der Waals surface area contributed by atoms with Gasteiger partial charge in [0, 0.05) is 30.7 Å². The Morgan fingerprint density at radius 1 is 1.22 bits per heavy atom. The van der Waals surface area contributed by atoms with E-state index in [9.17, 15) is 8.42 Å². The normalized spacial score (nSPS) is 18.1. The van der Waals surface area contributed by atoms with Crippen LogP contribution < -0.4 is 0 Å². The van der Waals surface area contributed by atoms with E-state index in [4.69, 9.17) is 0 Å². The first-order valence-corrected chi connectivity index (χ1v) is 10.1. The van der Waals surface area contributed by atoms with E-state index >= 15 is 0 Å². The second kappa shape index (κ2) is 6.55. The Bertz CT molecular complexity index is 635. The number of rotatable bonds is 4. The molecule has 1 saturated carbocycles. The summed E-state index contributed by atoms with van der Waals surface area (Å²) < 4.78 is 30.2. The minimum atomic E-state index is -3.54. The van der Waals surface area contributed by atoms with Gasteiger partial charge >= 0.3 is 0 Å². The molecule has 1 aromatic heterocycles. The van der Waals surface area contributed by atoms with Gasteiger partial charge in [0.25, 0.3) is 0 Å². The van der Waals surface area contributed by atoms with E-state index < -0.39 is 10.0 Å². The van der Waals surface area contributed by atoms with Gasteiger partial charge < -0.3 is 0 Å². The molecule has 0 atom stereocenters. The molecule has 1 aliphatic rings. The second-order valence-electron chi connectivity index (χ2n) is 7.99. The summed E-state index contributed by atoms with van der Waals surface area (Å²) in [6.45, 7) is 9.97. The van der Waals surface area contributed by atoms with Crippen LogP contribution in [0, 0.1) is 0 Å². The van der Waals surface area contributed by atoms with Gasteiger partial charge in [-0.15, -0.1) is 0 Å². The maximum Gasteiger partial charge on any atom is 0.246 e. The lowest BCUT2D eigenvalue weighted by Crippen LogP contribution is -2.46. The molecule has 0 unspecified atom stereocenters. The van der Waals surface area contributed by atoms with Crippen molar-refractivity contribution in [3.05, 3.63) is 11.9 Å². The van der Waals surface area contributed by atoms with Crippen LogP contribution in [0.15, 0.2) is 11.1 Å². The van der Waals surface area contributed by atoms with Crippen LogP contribution in [-0.4, -0.2) is 34.6 Å². The molecule has 0 saturated heterocycles. The van der Waals surface area contributed by atoms with Crippen molar-refractivity contribution in [3.8, 4) is 0 Å². The highest BCUT2D eigenvalue weighted by Gasteiger charge is 2.38. The van der Waals surface area contributed by atoms with Crippen LogP contribution >= 0.6 is 0 Å². The van der Waals surface area contributed by atoms with Gasteiger partial charge in [-0.2, -0.15) is 9.40 Å². The van der Waals surface area contributed by atoms with Crippen molar-refractivity contribution in [2.24, 2.45) is 7.05 Å². The highest BCUT2D eigenvalue weighted by Crippen LogP contribution is 2.34. The van der Waals surface area contributed by atoms with Crippen LogP contribution in [0.4, 0.5) is 0 Å². The van der Waals surface area contributed by atoms with Crippen molar-refractivity contribution in [2.75, 3.05) is 0 Å². The van der Waals surface area contributed by atoms with Crippen molar-refractivity contribution in [3.63, 3.8) is 0 Å². The number of aromatic nitrogens is 2. The highest BCUT2D eigenvalue weighted by atomic mass is 32.2. The van der Waals surface area contributed by atoms with Crippen LogP contribution in [0.25, 0.3) is 0 Å². The average Bonchev–Trinajstić information content (AvgIpc) is 2.82. The lowest BCUT2D eigenvalue weighted by atomic mass is 9.92. The minimum absolute atomic E-state index is 0.0453. The SMILES string of the molecule is CC(C)N(C1CCCCC1)S(=O)(=O)c1cn(C)nc1C(C)(C)C. The zero-order valence-corrected chi connectivity index (χ0v) is 16.2.